The van der Waals surface area contributed by atoms with Gasteiger partial charge in [0.2, 0.25) is 6.41 Å². The van der Waals surface area contributed by atoms with E-state index in [1.54, 1.807) is 20.3 Å². The molecule has 1 aromatic carbocycles. The Morgan fingerprint density at radius 3 is 2.53 bits per heavy atom. The second-order valence-electron chi connectivity index (χ2n) is 7.97. The highest BCUT2D eigenvalue weighted by molar-refractivity contribution is 7.93. The number of carbonyl (C=O) groups is 1. The molecule has 0 aliphatic rings. The van der Waals surface area contributed by atoms with Gasteiger partial charge in [-0.15, -0.1) is 3.89 Å². The maximum absolute atomic E-state index is 13.7. The first-order chi connectivity index (χ1) is 15.2. The molecular formula is C22H26FN5O3S. The van der Waals surface area contributed by atoms with Gasteiger partial charge in [-0.1, -0.05) is 0 Å². The van der Waals surface area contributed by atoms with Crippen LogP contribution in [0, 0.1) is 0 Å². The number of nitrogens with one attached hydrogen (secondary N) is 1. The first kappa shape index (κ1) is 23.6. The van der Waals surface area contributed by atoms with Crippen molar-refractivity contribution in [1.29, 1.82) is 0 Å². The Bertz CT molecular complexity index is 1250. The van der Waals surface area contributed by atoms with Crippen LogP contribution in [0.4, 0.5) is 9.70 Å². The van der Waals surface area contributed by atoms with E-state index in [-0.39, 0.29) is 17.9 Å². The number of amides is 1. The van der Waals surface area contributed by atoms with Gasteiger partial charge < -0.3 is 19.4 Å². The minimum absolute atomic E-state index is 0.0417. The molecule has 1 amide bonds. The Kier molecular flexibility index (Phi) is 7.05. The predicted octanol–water partition coefficient (Wildman–Crippen LogP) is 4.98. The van der Waals surface area contributed by atoms with E-state index in [0.29, 0.717) is 34.8 Å². The summed E-state index contributed by atoms with van der Waals surface area (Å²) in [6.07, 6.45) is 3.84. The number of rotatable bonds is 5. The Morgan fingerprint density at radius 2 is 1.94 bits per heavy atom. The predicted molar refractivity (Wildman–Crippen MR) is 127 cm³/mol. The van der Waals surface area contributed by atoms with Gasteiger partial charge >= 0.3 is 0 Å². The van der Waals surface area contributed by atoms with E-state index in [1.807, 2.05) is 56.8 Å². The molecule has 8 nitrogen and oxygen atoms in total. The monoisotopic (exact) mass is 459 g/mol. The lowest BCUT2D eigenvalue weighted by atomic mass is 10.1. The van der Waals surface area contributed by atoms with Gasteiger partial charge in [-0.3, -0.25) is 4.79 Å². The summed E-state index contributed by atoms with van der Waals surface area (Å²) >= 11 is 0.0571. The van der Waals surface area contributed by atoms with Crippen LogP contribution in [-0.4, -0.2) is 44.7 Å². The number of hydrogen-bond donors (Lipinski definition) is 1. The summed E-state index contributed by atoms with van der Waals surface area (Å²) in [6.45, 7) is 6.06. The average molecular weight is 460 g/mol. The van der Waals surface area contributed by atoms with Gasteiger partial charge in [0.15, 0.2) is 23.8 Å². The van der Waals surface area contributed by atoms with Gasteiger partial charge in [-0.25, -0.2) is 13.9 Å². The number of halogens is 1. The fourth-order valence-electron chi connectivity index (χ4n) is 3.04. The van der Waals surface area contributed by atoms with Gasteiger partial charge in [0, 0.05) is 36.8 Å². The molecule has 1 N–H and O–H groups in total. The number of hydrogen-bond acceptors (Lipinski definition) is 6. The number of nitrogens with zero attached hydrogens (tertiary/aromatic N) is 4. The van der Waals surface area contributed by atoms with Crippen LogP contribution in [0.5, 0.6) is 5.75 Å². The summed E-state index contributed by atoms with van der Waals surface area (Å²) < 4.78 is 27.3. The van der Waals surface area contributed by atoms with Crippen molar-refractivity contribution in [3.8, 4) is 17.0 Å². The quantitative estimate of drug-likeness (QED) is 0.424. The average Bonchev–Trinajstić information content (AvgIpc) is 3.30. The fraction of sp³-hybridized carbons (Fsp3) is 0.318. The normalized spacial score (nSPS) is 11.3. The second kappa shape index (κ2) is 9.58. The lowest BCUT2D eigenvalue weighted by Crippen LogP contribution is -2.15. The number of methoxy groups -OCH3 is 2. The summed E-state index contributed by atoms with van der Waals surface area (Å²) in [5.41, 5.74) is 3.34. The first-order valence-corrected chi connectivity index (χ1v) is 10.5. The fourth-order valence-corrected chi connectivity index (χ4v) is 3.47. The molecule has 10 heteroatoms. The zero-order chi connectivity index (χ0) is 23.5. The van der Waals surface area contributed by atoms with Crippen LogP contribution in [0.15, 0.2) is 36.7 Å². The third kappa shape index (κ3) is 4.86. The number of carbonyl (C=O) groups excluding carboxylic acids is 1. The van der Waals surface area contributed by atoms with E-state index < -0.39 is 0 Å². The number of fused-ring (bicyclic) bond motifs is 2. The van der Waals surface area contributed by atoms with E-state index >= 15 is 0 Å². The molecular weight excluding hydrogens is 433 g/mol. The maximum Gasteiger partial charge on any atom is 0.212 e. The van der Waals surface area contributed by atoms with Gasteiger partial charge in [0.05, 0.1) is 24.6 Å². The summed E-state index contributed by atoms with van der Waals surface area (Å²) in [5, 5.41) is 3.38. The lowest BCUT2D eigenvalue weighted by Gasteiger charge is -2.14. The van der Waals surface area contributed by atoms with Crippen molar-refractivity contribution < 1.29 is 18.2 Å². The van der Waals surface area contributed by atoms with E-state index in [2.05, 4.69) is 15.3 Å². The van der Waals surface area contributed by atoms with Crippen molar-refractivity contribution in [3.05, 3.63) is 36.7 Å². The van der Waals surface area contributed by atoms with Crippen molar-refractivity contribution in [1.82, 2.24) is 18.5 Å². The van der Waals surface area contributed by atoms with Crippen molar-refractivity contribution >= 4 is 46.6 Å². The first-order valence-electron chi connectivity index (χ1n) is 9.78. The summed E-state index contributed by atoms with van der Waals surface area (Å²) in [4.78, 5) is 19.1. The highest BCUT2D eigenvalue weighted by Gasteiger charge is 2.19. The van der Waals surface area contributed by atoms with Gasteiger partial charge in [0.25, 0.3) is 0 Å². The van der Waals surface area contributed by atoms with Crippen LogP contribution in [-0.2, 0) is 16.6 Å². The van der Waals surface area contributed by atoms with Gasteiger partial charge in [-0.2, -0.15) is 0 Å². The Hall–Kier alpha value is -3.11. The summed E-state index contributed by atoms with van der Waals surface area (Å²) in [6, 6.07) is 7.50. The smallest absolute Gasteiger partial charge is 0.212 e. The number of benzene rings is 1. The Morgan fingerprint density at radius 1 is 1.22 bits per heavy atom. The minimum Gasteiger partial charge on any atom is -0.497 e. The molecule has 0 aliphatic heterocycles. The summed E-state index contributed by atoms with van der Waals surface area (Å²) in [5.74, 6) is 1.02. The molecule has 0 saturated carbocycles. The SMILES string of the molecule is COC(C)(C)C.COc1ccc2c(c1)c(-c1cc3nc(NC=O)cnc3n1SF)cn2C. The van der Waals surface area contributed by atoms with E-state index in [0.717, 1.165) is 16.5 Å². The highest BCUT2D eigenvalue weighted by Crippen LogP contribution is 2.37. The minimum atomic E-state index is 0.0417. The molecule has 3 aromatic heterocycles. The molecule has 0 fully saturated rings. The highest BCUT2D eigenvalue weighted by atomic mass is 32.2. The van der Waals surface area contributed by atoms with Crippen LogP contribution >= 0.6 is 12.3 Å². The number of aromatic nitrogens is 4. The zero-order valence-electron chi connectivity index (χ0n) is 18.8. The maximum atomic E-state index is 13.7. The number of anilines is 1. The zero-order valence-corrected chi connectivity index (χ0v) is 19.7. The molecule has 0 spiro atoms. The Labute approximate surface area is 190 Å². The second-order valence-corrected chi connectivity index (χ2v) is 8.48. The lowest BCUT2D eigenvalue weighted by molar-refractivity contribution is -0.105. The van der Waals surface area contributed by atoms with Crippen LogP contribution in [0.25, 0.3) is 33.3 Å². The van der Waals surface area contributed by atoms with Gasteiger partial charge in [0.1, 0.15) is 11.3 Å². The van der Waals surface area contributed by atoms with Crippen LogP contribution < -0.4 is 10.1 Å². The Balaban J connectivity index is 0.000000427. The molecule has 0 bridgehead atoms. The molecule has 0 aliphatic carbocycles. The van der Waals surface area contributed by atoms with Crippen LogP contribution in [0.1, 0.15) is 20.8 Å². The molecule has 4 aromatic rings. The molecule has 0 atom stereocenters. The number of ether oxygens (including phenoxy) is 2. The molecule has 32 heavy (non-hydrogen) atoms. The summed E-state index contributed by atoms with van der Waals surface area (Å²) in [7, 11) is 5.24. The van der Waals surface area contributed by atoms with E-state index in [1.165, 1.54) is 10.2 Å². The standard InChI is InChI=1S/C17H14FN5O2S.C5H12O/c1-22-8-12(11-5-10(25-2)3-4-14(11)22)15-6-13-17(23(15)26-18)19-7-16(21-13)20-9-24;1-5(2,3)6-4/h3-9H,1-2H3,(H,20,21,24);1-4H3. The largest absolute Gasteiger partial charge is 0.497 e. The van der Waals surface area contributed by atoms with Crippen molar-refractivity contribution in [3.63, 3.8) is 0 Å². The molecule has 3 heterocycles. The topological polar surface area (TPSA) is 83.2 Å². The van der Waals surface area contributed by atoms with Crippen molar-refractivity contribution in [2.75, 3.05) is 19.5 Å². The molecule has 0 unspecified atom stereocenters. The molecule has 0 saturated heterocycles. The molecule has 4 rings (SSSR count). The third-order valence-corrected chi connectivity index (χ3v) is 5.33. The van der Waals surface area contributed by atoms with E-state index in [9.17, 15) is 8.68 Å². The van der Waals surface area contributed by atoms with Crippen LogP contribution in [0.2, 0.25) is 0 Å². The number of aryl methyl sites for hydroxylation is 1. The molecule has 0 radical (unpaired) electrons. The van der Waals surface area contributed by atoms with Crippen molar-refractivity contribution in [2.45, 2.75) is 26.4 Å². The van der Waals surface area contributed by atoms with Crippen LogP contribution in [0.3, 0.4) is 0 Å². The van der Waals surface area contributed by atoms with E-state index in [4.69, 9.17) is 9.47 Å². The van der Waals surface area contributed by atoms with Crippen molar-refractivity contribution in [2.24, 2.45) is 7.05 Å². The van der Waals surface area contributed by atoms with Gasteiger partial charge in [-0.05, 0) is 45.0 Å². The molecule has 170 valence electrons. The third-order valence-electron chi connectivity index (χ3n) is 4.82.